The molecule has 10 aromatic rings. The van der Waals surface area contributed by atoms with Crippen LogP contribution in [-0.2, 0) is 0 Å². The number of para-hydroxylation sites is 2. The second-order valence-electron chi connectivity index (χ2n) is 12.2. The third-order valence-corrected chi connectivity index (χ3v) is 9.53. The van der Waals surface area contributed by atoms with Gasteiger partial charge in [-0.05, 0) is 41.8 Å². The minimum Gasteiger partial charge on any atom is -0.309 e. The van der Waals surface area contributed by atoms with E-state index in [0.29, 0.717) is 5.95 Å². The van der Waals surface area contributed by atoms with Crippen LogP contribution in [0.4, 0.5) is 0 Å². The van der Waals surface area contributed by atoms with E-state index in [4.69, 9.17) is 9.97 Å². The summed E-state index contributed by atoms with van der Waals surface area (Å²) >= 11 is 0. The highest BCUT2D eigenvalue weighted by atomic mass is 15.2. The van der Waals surface area contributed by atoms with Crippen LogP contribution in [0, 0.1) is 0 Å². The lowest BCUT2D eigenvalue weighted by atomic mass is 10.1. The van der Waals surface area contributed by atoms with Crippen molar-refractivity contribution >= 4 is 54.4 Å². The smallest absolute Gasteiger partial charge is 0.235 e. The molecule has 0 saturated carbocycles. The number of fused-ring (bicyclic) bond motifs is 8. The zero-order valence-electron chi connectivity index (χ0n) is 26.0. The summed E-state index contributed by atoms with van der Waals surface area (Å²) in [6.07, 6.45) is 0. The van der Waals surface area contributed by atoms with Crippen molar-refractivity contribution in [3.05, 3.63) is 170 Å². The fourth-order valence-corrected chi connectivity index (χ4v) is 7.44. The molecule has 0 N–H and O–H groups in total. The number of rotatable bonds is 4. The van der Waals surface area contributed by atoms with Gasteiger partial charge in [0.1, 0.15) is 0 Å². The predicted octanol–water partition coefficient (Wildman–Crippen LogP) is 11.2. The van der Waals surface area contributed by atoms with Crippen LogP contribution in [0.2, 0.25) is 0 Å². The molecule has 0 spiro atoms. The number of nitrogens with zero attached hydrogens (tertiary/aromatic N) is 4. The number of hydrogen-bond acceptors (Lipinski definition) is 2. The summed E-state index contributed by atoms with van der Waals surface area (Å²) in [6, 6.07) is 60.0. The Kier molecular flexibility index (Phi) is 5.84. The lowest BCUT2D eigenvalue weighted by Crippen LogP contribution is -2.04. The van der Waals surface area contributed by atoms with Gasteiger partial charge >= 0.3 is 0 Å². The van der Waals surface area contributed by atoms with Crippen LogP contribution in [0.5, 0.6) is 0 Å². The van der Waals surface area contributed by atoms with Gasteiger partial charge in [-0.3, -0.25) is 4.57 Å². The minimum absolute atomic E-state index is 0.651. The Bertz CT molecular complexity index is 2760. The Balaban J connectivity index is 1.33. The van der Waals surface area contributed by atoms with E-state index in [0.717, 1.165) is 33.5 Å². The molecule has 0 fully saturated rings. The van der Waals surface area contributed by atoms with Crippen LogP contribution in [0.3, 0.4) is 0 Å². The largest absolute Gasteiger partial charge is 0.309 e. The van der Waals surface area contributed by atoms with Gasteiger partial charge in [0.15, 0.2) is 0 Å². The second-order valence-corrected chi connectivity index (χ2v) is 12.2. The van der Waals surface area contributed by atoms with Gasteiger partial charge < -0.3 is 4.57 Å². The topological polar surface area (TPSA) is 35.6 Å². The average Bonchev–Trinajstić information content (AvgIpc) is 3.68. The van der Waals surface area contributed by atoms with Gasteiger partial charge in [0.25, 0.3) is 0 Å². The molecule has 0 aliphatic heterocycles. The highest BCUT2D eigenvalue weighted by molar-refractivity contribution is 6.29. The Morgan fingerprint density at radius 1 is 0.354 bits per heavy atom. The Labute approximate surface area is 276 Å². The molecule has 7 aromatic carbocycles. The third-order valence-electron chi connectivity index (χ3n) is 9.53. The molecule has 10 rings (SSSR count). The quantitative estimate of drug-likeness (QED) is 0.198. The van der Waals surface area contributed by atoms with E-state index < -0.39 is 0 Å². The van der Waals surface area contributed by atoms with Gasteiger partial charge in [-0.15, -0.1) is 0 Å². The third kappa shape index (κ3) is 3.96. The van der Waals surface area contributed by atoms with Gasteiger partial charge in [0.05, 0.1) is 39.1 Å². The fourth-order valence-electron chi connectivity index (χ4n) is 7.44. The molecule has 4 nitrogen and oxygen atoms in total. The van der Waals surface area contributed by atoms with Gasteiger partial charge in [-0.2, -0.15) is 0 Å². The van der Waals surface area contributed by atoms with Gasteiger partial charge in [0.2, 0.25) is 5.95 Å². The molecule has 0 aliphatic carbocycles. The van der Waals surface area contributed by atoms with E-state index in [2.05, 4.69) is 167 Å². The number of hydrogen-bond donors (Lipinski definition) is 0. The first-order chi connectivity index (χ1) is 23.8. The summed E-state index contributed by atoms with van der Waals surface area (Å²) in [5.74, 6) is 0.651. The van der Waals surface area contributed by atoms with E-state index in [1.54, 1.807) is 0 Å². The van der Waals surface area contributed by atoms with Crippen molar-refractivity contribution in [2.45, 2.75) is 0 Å². The van der Waals surface area contributed by atoms with E-state index in [-0.39, 0.29) is 0 Å². The molecular weight excluding hydrogens is 585 g/mol. The van der Waals surface area contributed by atoms with Crippen molar-refractivity contribution < 1.29 is 0 Å². The summed E-state index contributed by atoms with van der Waals surface area (Å²) in [5, 5.41) is 7.28. The van der Waals surface area contributed by atoms with E-state index in [1.807, 2.05) is 12.1 Å². The molecule has 0 bridgehead atoms. The molecule has 0 radical (unpaired) electrons. The predicted molar refractivity (Wildman–Crippen MR) is 199 cm³/mol. The molecule has 0 aliphatic rings. The summed E-state index contributed by atoms with van der Waals surface area (Å²) in [7, 11) is 0. The average molecular weight is 613 g/mol. The number of benzene rings is 7. The zero-order chi connectivity index (χ0) is 31.6. The first kappa shape index (κ1) is 26.7. The minimum atomic E-state index is 0.651. The summed E-state index contributed by atoms with van der Waals surface area (Å²) < 4.78 is 4.67. The van der Waals surface area contributed by atoms with Crippen LogP contribution < -0.4 is 0 Å². The van der Waals surface area contributed by atoms with Crippen LogP contribution in [0.1, 0.15) is 0 Å². The van der Waals surface area contributed by atoms with E-state index >= 15 is 0 Å². The Morgan fingerprint density at radius 2 is 0.833 bits per heavy atom. The van der Waals surface area contributed by atoms with Gasteiger partial charge in [-0.1, -0.05) is 133 Å². The molecule has 0 unspecified atom stereocenters. The van der Waals surface area contributed by atoms with Crippen molar-refractivity contribution in [2.75, 3.05) is 0 Å². The first-order valence-electron chi connectivity index (χ1n) is 16.3. The molecule has 0 atom stereocenters. The second kappa shape index (κ2) is 10.5. The van der Waals surface area contributed by atoms with Gasteiger partial charge in [-0.25, -0.2) is 9.97 Å². The molecule has 3 heterocycles. The summed E-state index contributed by atoms with van der Waals surface area (Å²) in [6.45, 7) is 0. The lowest BCUT2D eigenvalue weighted by molar-refractivity contribution is 0.996. The maximum atomic E-state index is 5.25. The Hall–Kier alpha value is -6.52. The lowest BCUT2D eigenvalue weighted by Gasteiger charge is -2.12. The van der Waals surface area contributed by atoms with Crippen molar-refractivity contribution in [2.24, 2.45) is 0 Å². The molecule has 48 heavy (non-hydrogen) atoms. The van der Waals surface area contributed by atoms with E-state index in [1.165, 1.54) is 49.0 Å². The molecule has 224 valence electrons. The van der Waals surface area contributed by atoms with E-state index in [9.17, 15) is 0 Å². The Morgan fingerprint density at radius 3 is 1.46 bits per heavy atom. The molecule has 0 amide bonds. The van der Waals surface area contributed by atoms with Crippen LogP contribution in [0.25, 0.3) is 88.5 Å². The highest BCUT2D eigenvalue weighted by Gasteiger charge is 2.22. The monoisotopic (exact) mass is 612 g/mol. The maximum Gasteiger partial charge on any atom is 0.235 e. The van der Waals surface area contributed by atoms with Crippen LogP contribution in [0.15, 0.2) is 170 Å². The van der Waals surface area contributed by atoms with Crippen molar-refractivity contribution in [3.8, 4) is 34.2 Å². The molecule has 3 aromatic heterocycles. The maximum absolute atomic E-state index is 5.25. The van der Waals surface area contributed by atoms with Crippen molar-refractivity contribution in [1.82, 2.24) is 19.1 Å². The summed E-state index contributed by atoms with van der Waals surface area (Å²) in [4.78, 5) is 10.5. The normalized spacial score (nSPS) is 11.8. The molecule has 0 saturated heterocycles. The number of aromatic nitrogens is 4. The van der Waals surface area contributed by atoms with Gasteiger partial charge in [0, 0.05) is 38.1 Å². The fraction of sp³-hybridized carbons (Fsp3) is 0. The highest BCUT2D eigenvalue weighted by Crippen LogP contribution is 2.43. The summed E-state index contributed by atoms with van der Waals surface area (Å²) in [5.41, 5.74) is 9.57. The van der Waals surface area contributed by atoms with Crippen molar-refractivity contribution in [1.29, 1.82) is 0 Å². The van der Waals surface area contributed by atoms with Crippen molar-refractivity contribution in [3.63, 3.8) is 0 Å². The molecular formula is C44H28N4. The van der Waals surface area contributed by atoms with Crippen LogP contribution >= 0.6 is 0 Å². The first-order valence-corrected chi connectivity index (χ1v) is 16.3. The molecule has 4 heteroatoms. The zero-order valence-corrected chi connectivity index (χ0v) is 26.0. The SMILES string of the molecule is c1ccc(-c2cc(-c3ccccc3)nc(-n3c4ccccc4c4c5c6ccccc6n(-c6cccc7ccccc67)c5ccc43)n2)cc1. The van der Waals surface area contributed by atoms with Crippen LogP contribution in [-0.4, -0.2) is 19.1 Å². The standard InChI is InChI=1S/C44H28N4/c1-3-15-30(16-4-1)35-28-36(31-17-5-2-6-18-31)46-44(45-35)48-39-24-12-10-22-34(39)43-41(48)27-26-40-42(43)33-21-9-11-23-38(33)47(40)37-25-13-19-29-14-7-8-20-32(29)37/h1-28H.